The number of halogens is 2. The first kappa shape index (κ1) is 9.99. The highest BCUT2D eigenvalue weighted by molar-refractivity contribution is 9.10. The third kappa shape index (κ3) is 1.44. The van der Waals surface area contributed by atoms with E-state index in [1.54, 1.807) is 0 Å². The molecule has 2 nitrogen and oxygen atoms in total. The second-order valence-corrected chi connectivity index (χ2v) is 4.57. The van der Waals surface area contributed by atoms with Crippen molar-refractivity contribution in [1.29, 1.82) is 0 Å². The van der Waals surface area contributed by atoms with E-state index in [2.05, 4.69) is 39.3 Å². The van der Waals surface area contributed by atoms with Crippen LogP contribution in [0.4, 0.5) is 0 Å². The molecule has 4 heteroatoms. The number of para-hydroxylation sites is 1. The largest absolute Gasteiger partial charge is 0.315 e. The Balaban J connectivity index is 2.86. The summed E-state index contributed by atoms with van der Waals surface area (Å²) in [6.45, 7) is 4.21. The molecular formula is C10H10BrClN2. The predicted molar refractivity (Wildman–Crippen MR) is 62.8 cm³/mol. The van der Waals surface area contributed by atoms with Crippen molar-refractivity contribution in [3.8, 4) is 0 Å². The average molecular weight is 274 g/mol. The van der Waals surface area contributed by atoms with Gasteiger partial charge in [-0.25, -0.2) is 4.98 Å². The molecule has 1 heterocycles. The first-order valence-electron chi connectivity index (χ1n) is 4.43. The Bertz CT molecular complexity index is 476. The molecular weight excluding hydrogens is 263 g/mol. The number of hydrogen-bond acceptors (Lipinski definition) is 1. The number of rotatable bonds is 1. The Morgan fingerprint density at radius 1 is 1.43 bits per heavy atom. The minimum Gasteiger partial charge on any atom is -0.315 e. The van der Waals surface area contributed by atoms with Crippen LogP contribution in [0.1, 0.15) is 19.9 Å². The summed E-state index contributed by atoms with van der Waals surface area (Å²) >= 11 is 9.58. The molecule has 0 radical (unpaired) electrons. The number of aromatic nitrogens is 2. The molecule has 0 bridgehead atoms. The monoisotopic (exact) mass is 272 g/mol. The standard InChI is InChI=1S/C10H10BrClN2/c1-6(2)14-9-7(12)4-3-5-8(9)13-10(14)11/h3-6H,1-2H3. The van der Waals surface area contributed by atoms with Gasteiger partial charge in [0.15, 0.2) is 4.73 Å². The Morgan fingerprint density at radius 2 is 2.14 bits per heavy atom. The molecule has 0 saturated heterocycles. The molecule has 0 saturated carbocycles. The maximum atomic E-state index is 6.14. The fourth-order valence-electron chi connectivity index (χ4n) is 1.55. The molecule has 0 N–H and O–H groups in total. The van der Waals surface area contributed by atoms with Crippen molar-refractivity contribution >= 4 is 38.6 Å². The van der Waals surface area contributed by atoms with Gasteiger partial charge in [-0.3, -0.25) is 0 Å². The third-order valence-corrected chi connectivity index (χ3v) is 3.00. The van der Waals surface area contributed by atoms with Crippen molar-refractivity contribution < 1.29 is 0 Å². The number of hydrogen-bond donors (Lipinski definition) is 0. The molecule has 0 atom stereocenters. The van der Waals surface area contributed by atoms with E-state index in [-0.39, 0.29) is 0 Å². The Kier molecular flexibility index (Phi) is 2.54. The number of nitrogens with zero attached hydrogens (tertiary/aromatic N) is 2. The van der Waals surface area contributed by atoms with Gasteiger partial charge in [-0.15, -0.1) is 0 Å². The van der Waals surface area contributed by atoms with Crippen LogP contribution in [0.3, 0.4) is 0 Å². The second-order valence-electron chi connectivity index (χ2n) is 3.45. The summed E-state index contributed by atoms with van der Waals surface area (Å²) in [5, 5.41) is 0.745. The van der Waals surface area contributed by atoms with Crippen molar-refractivity contribution in [3.63, 3.8) is 0 Å². The summed E-state index contributed by atoms with van der Waals surface area (Å²) in [7, 11) is 0. The summed E-state index contributed by atoms with van der Waals surface area (Å²) in [6, 6.07) is 6.10. The van der Waals surface area contributed by atoms with Crippen LogP contribution in [-0.4, -0.2) is 9.55 Å². The van der Waals surface area contributed by atoms with Gasteiger partial charge in [0.2, 0.25) is 0 Å². The highest BCUT2D eigenvalue weighted by atomic mass is 79.9. The molecule has 0 aliphatic carbocycles. The Hall–Kier alpha value is -0.540. The van der Waals surface area contributed by atoms with Gasteiger partial charge >= 0.3 is 0 Å². The zero-order chi connectivity index (χ0) is 10.3. The van der Waals surface area contributed by atoms with Gasteiger partial charge in [-0.2, -0.15) is 0 Å². The SMILES string of the molecule is CC(C)n1c(Br)nc2cccc(Cl)c21. The minimum absolute atomic E-state index is 0.342. The quantitative estimate of drug-likeness (QED) is 0.767. The second kappa shape index (κ2) is 3.55. The lowest BCUT2D eigenvalue weighted by Crippen LogP contribution is -2.00. The maximum Gasteiger partial charge on any atom is 0.178 e. The molecule has 74 valence electrons. The first-order chi connectivity index (χ1) is 6.61. The number of benzene rings is 1. The Morgan fingerprint density at radius 3 is 2.79 bits per heavy atom. The molecule has 2 aromatic rings. The van der Waals surface area contributed by atoms with Crippen LogP contribution < -0.4 is 0 Å². The van der Waals surface area contributed by atoms with Gasteiger partial charge in [0.05, 0.1) is 16.1 Å². The van der Waals surface area contributed by atoms with Crippen molar-refractivity contribution in [2.75, 3.05) is 0 Å². The van der Waals surface area contributed by atoms with Gasteiger partial charge in [0, 0.05) is 6.04 Å². The Labute approximate surface area is 96.0 Å². The third-order valence-electron chi connectivity index (χ3n) is 2.13. The molecule has 1 aromatic heterocycles. The summed E-state index contributed by atoms with van der Waals surface area (Å²) in [5.74, 6) is 0. The summed E-state index contributed by atoms with van der Waals surface area (Å²) < 4.78 is 2.91. The van der Waals surface area contributed by atoms with Gasteiger partial charge in [0.25, 0.3) is 0 Å². The van der Waals surface area contributed by atoms with Crippen LogP contribution in [0, 0.1) is 0 Å². The smallest absolute Gasteiger partial charge is 0.178 e. The normalized spacial score (nSPS) is 11.5. The van der Waals surface area contributed by atoms with Crippen molar-refractivity contribution in [1.82, 2.24) is 9.55 Å². The lowest BCUT2D eigenvalue weighted by atomic mass is 10.3. The first-order valence-corrected chi connectivity index (χ1v) is 5.60. The molecule has 14 heavy (non-hydrogen) atoms. The fourth-order valence-corrected chi connectivity index (χ4v) is 2.59. The molecule has 0 unspecified atom stereocenters. The lowest BCUT2D eigenvalue weighted by molar-refractivity contribution is 0.604. The van der Waals surface area contributed by atoms with Crippen LogP contribution in [0.15, 0.2) is 22.9 Å². The zero-order valence-corrected chi connectivity index (χ0v) is 10.3. The van der Waals surface area contributed by atoms with Crippen molar-refractivity contribution in [3.05, 3.63) is 28.0 Å². The van der Waals surface area contributed by atoms with E-state index in [4.69, 9.17) is 11.6 Å². The van der Waals surface area contributed by atoms with E-state index < -0.39 is 0 Å². The van der Waals surface area contributed by atoms with E-state index in [1.165, 1.54) is 0 Å². The highest BCUT2D eigenvalue weighted by Gasteiger charge is 2.13. The summed E-state index contributed by atoms with van der Waals surface area (Å²) in [4.78, 5) is 4.39. The lowest BCUT2D eigenvalue weighted by Gasteiger charge is -2.10. The summed E-state index contributed by atoms with van der Waals surface area (Å²) in [6.07, 6.45) is 0. The van der Waals surface area contributed by atoms with E-state index >= 15 is 0 Å². The topological polar surface area (TPSA) is 17.8 Å². The number of fused-ring (bicyclic) bond motifs is 1. The summed E-state index contributed by atoms with van der Waals surface area (Å²) in [5.41, 5.74) is 1.93. The van der Waals surface area contributed by atoms with Crippen molar-refractivity contribution in [2.45, 2.75) is 19.9 Å². The van der Waals surface area contributed by atoms with E-state index in [9.17, 15) is 0 Å². The fraction of sp³-hybridized carbons (Fsp3) is 0.300. The van der Waals surface area contributed by atoms with Crippen LogP contribution in [-0.2, 0) is 0 Å². The average Bonchev–Trinajstić information content (AvgIpc) is 2.42. The molecule has 1 aromatic carbocycles. The maximum absolute atomic E-state index is 6.14. The van der Waals surface area contributed by atoms with Gasteiger partial charge < -0.3 is 4.57 Å². The van der Waals surface area contributed by atoms with Gasteiger partial charge in [-0.1, -0.05) is 17.7 Å². The highest BCUT2D eigenvalue weighted by Crippen LogP contribution is 2.29. The van der Waals surface area contributed by atoms with Crippen LogP contribution >= 0.6 is 27.5 Å². The van der Waals surface area contributed by atoms with E-state index in [0.29, 0.717) is 6.04 Å². The van der Waals surface area contributed by atoms with Crippen molar-refractivity contribution in [2.24, 2.45) is 0 Å². The van der Waals surface area contributed by atoms with Gasteiger partial charge in [-0.05, 0) is 41.9 Å². The van der Waals surface area contributed by atoms with E-state index in [1.807, 2.05) is 18.2 Å². The molecule has 0 fully saturated rings. The van der Waals surface area contributed by atoms with Crippen LogP contribution in [0.5, 0.6) is 0 Å². The van der Waals surface area contributed by atoms with Crippen LogP contribution in [0.2, 0.25) is 5.02 Å². The molecule has 2 rings (SSSR count). The zero-order valence-electron chi connectivity index (χ0n) is 7.96. The van der Waals surface area contributed by atoms with Gasteiger partial charge in [0.1, 0.15) is 0 Å². The number of imidazole rings is 1. The molecule has 0 aliphatic heterocycles. The minimum atomic E-state index is 0.342. The predicted octanol–water partition coefficient (Wildman–Crippen LogP) is 4.03. The van der Waals surface area contributed by atoms with E-state index in [0.717, 1.165) is 20.8 Å². The van der Waals surface area contributed by atoms with Crippen LogP contribution in [0.25, 0.3) is 11.0 Å². The molecule has 0 aliphatic rings. The molecule has 0 spiro atoms. The molecule has 0 amide bonds.